The highest BCUT2D eigenvalue weighted by atomic mass is 79.9. The van der Waals surface area contributed by atoms with Gasteiger partial charge in [0.25, 0.3) is 0 Å². The van der Waals surface area contributed by atoms with Crippen molar-refractivity contribution in [3.8, 4) is 0 Å². The lowest BCUT2D eigenvalue weighted by molar-refractivity contribution is 0.233. The molecule has 1 N–H and O–H groups in total. The summed E-state index contributed by atoms with van der Waals surface area (Å²) in [6.07, 6.45) is 5.26. The number of hydrogen-bond donors (Lipinski definition) is 1. The number of thiophene rings is 1. The second-order valence-electron chi connectivity index (χ2n) is 5.61. The SMILES string of the molecule is CCC1CCC(N(C)S(=O)(=O)c2cc(CO)sc2Br)CC1. The summed E-state index contributed by atoms with van der Waals surface area (Å²) in [4.78, 5) is 0.931. The predicted molar refractivity (Wildman–Crippen MR) is 88.9 cm³/mol. The largest absolute Gasteiger partial charge is 0.391 e. The van der Waals surface area contributed by atoms with E-state index < -0.39 is 10.0 Å². The molecular formula is C14H22BrNO3S2. The average Bonchev–Trinajstić information content (AvgIpc) is 2.88. The highest BCUT2D eigenvalue weighted by Crippen LogP contribution is 2.36. The Kier molecular flexibility index (Phi) is 5.87. The maximum atomic E-state index is 12.8. The lowest BCUT2D eigenvalue weighted by atomic mass is 9.85. The average molecular weight is 396 g/mol. The van der Waals surface area contributed by atoms with Gasteiger partial charge in [-0.2, -0.15) is 4.31 Å². The van der Waals surface area contributed by atoms with E-state index in [2.05, 4.69) is 22.9 Å². The van der Waals surface area contributed by atoms with Gasteiger partial charge in [-0.25, -0.2) is 8.42 Å². The first-order valence-electron chi connectivity index (χ1n) is 7.27. The highest BCUT2D eigenvalue weighted by Gasteiger charge is 2.33. The van der Waals surface area contributed by atoms with Crippen LogP contribution in [0.15, 0.2) is 14.7 Å². The lowest BCUT2D eigenvalue weighted by Gasteiger charge is -2.33. The maximum absolute atomic E-state index is 12.8. The summed E-state index contributed by atoms with van der Waals surface area (Å²) in [6.45, 7) is 2.06. The Bertz CT molecular complexity index is 577. The highest BCUT2D eigenvalue weighted by molar-refractivity contribution is 9.11. The first-order valence-corrected chi connectivity index (χ1v) is 10.3. The Balaban J connectivity index is 2.17. The number of aliphatic hydroxyl groups is 1. The van der Waals surface area contributed by atoms with Crippen LogP contribution in [0.25, 0.3) is 0 Å². The van der Waals surface area contributed by atoms with Crippen LogP contribution in [0.4, 0.5) is 0 Å². The zero-order chi connectivity index (χ0) is 15.6. The Labute approximate surface area is 139 Å². The first kappa shape index (κ1) is 17.4. The summed E-state index contributed by atoms with van der Waals surface area (Å²) >= 11 is 4.58. The molecule has 0 aliphatic heterocycles. The van der Waals surface area contributed by atoms with Gasteiger partial charge in [-0.05, 0) is 53.6 Å². The van der Waals surface area contributed by atoms with E-state index in [0.29, 0.717) is 8.66 Å². The molecule has 0 amide bonds. The third-order valence-electron chi connectivity index (χ3n) is 4.43. The van der Waals surface area contributed by atoms with Crippen molar-refractivity contribution in [2.24, 2.45) is 5.92 Å². The number of aliphatic hydroxyl groups excluding tert-OH is 1. The van der Waals surface area contributed by atoms with Gasteiger partial charge in [0.2, 0.25) is 10.0 Å². The Hall–Kier alpha value is 0.0500. The van der Waals surface area contributed by atoms with Crippen LogP contribution in [0.5, 0.6) is 0 Å². The molecule has 0 bridgehead atoms. The minimum Gasteiger partial charge on any atom is -0.391 e. The van der Waals surface area contributed by atoms with Crippen LogP contribution in [0.2, 0.25) is 0 Å². The molecule has 0 saturated heterocycles. The maximum Gasteiger partial charge on any atom is 0.245 e. The molecule has 0 unspecified atom stereocenters. The molecule has 1 aromatic heterocycles. The zero-order valence-corrected chi connectivity index (χ0v) is 15.6. The summed E-state index contributed by atoms with van der Waals surface area (Å²) < 4.78 is 27.6. The van der Waals surface area contributed by atoms with Gasteiger partial charge in [-0.15, -0.1) is 11.3 Å². The second kappa shape index (κ2) is 7.08. The topological polar surface area (TPSA) is 57.6 Å². The van der Waals surface area contributed by atoms with E-state index in [4.69, 9.17) is 5.11 Å². The van der Waals surface area contributed by atoms with Crippen molar-refractivity contribution >= 4 is 37.3 Å². The molecule has 7 heteroatoms. The molecule has 1 saturated carbocycles. The van der Waals surface area contributed by atoms with Crippen LogP contribution in [0.1, 0.15) is 43.9 Å². The monoisotopic (exact) mass is 395 g/mol. The fraction of sp³-hybridized carbons (Fsp3) is 0.714. The number of sulfonamides is 1. The summed E-state index contributed by atoms with van der Waals surface area (Å²) in [6, 6.07) is 1.65. The molecule has 0 aromatic carbocycles. The van der Waals surface area contributed by atoms with Crippen molar-refractivity contribution in [1.29, 1.82) is 0 Å². The molecule has 2 rings (SSSR count). The van der Waals surface area contributed by atoms with Crippen molar-refractivity contribution in [2.45, 2.75) is 56.6 Å². The fourth-order valence-corrected chi connectivity index (χ4v) is 6.83. The van der Waals surface area contributed by atoms with Gasteiger partial charge in [0.15, 0.2) is 0 Å². The van der Waals surface area contributed by atoms with Crippen LogP contribution < -0.4 is 0 Å². The minimum absolute atomic E-state index is 0.0853. The number of hydrogen-bond acceptors (Lipinski definition) is 4. The van der Waals surface area contributed by atoms with Crippen molar-refractivity contribution in [3.63, 3.8) is 0 Å². The molecule has 120 valence electrons. The standard InChI is InChI=1S/C14H22BrNO3S2/c1-3-10-4-6-11(7-5-10)16(2)21(18,19)13-8-12(9-17)20-14(13)15/h8,10-11,17H,3-7,9H2,1-2H3. The van der Waals surface area contributed by atoms with Crippen LogP contribution in [-0.2, 0) is 16.6 Å². The summed E-state index contributed by atoms with van der Waals surface area (Å²) in [5.74, 6) is 0.742. The molecule has 1 aromatic rings. The number of halogens is 1. The third-order valence-corrected chi connectivity index (χ3v) is 8.57. The van der Waals surface area contributed by atoms with E-state index in [1.807, 2.05) is 0 Å². The predicted octanol–water partition coefficient (Wildman–Crippen LogP) is 3.59. The van der Waals surface area contributed by atoms with Gasteiger partial charge in [0.05, 0.1) is 10.4 Å². The third kappa shape index (κ3) is 3.69. The van der Waals surface area contributed by atoms with Gasteiger partial charge in [-0.1, -0.05) is 13.3 Å². The zero-order valence-electron chi connectivity index (χ0n) is 12.4. The minimum atomic E-state index is -3.50. The van der Waals surface area contributed by atoms with Crippen molar-refractivity contribution in [3.05, 3.63) is 14.7 Å². The molecular weight excluding hydrogens is 374 g/mol. The van der Waals surface area contributed by atoms with Crippen molar-refractivity contribution in [2.75, 3.05) is 7.05 Å². The Morgan fingerprint density at radius 2 is 2.00 bits per heavy atom. The molecule has 0 atom stereocenters. The Morgan fingerprint density at radius 1 is 1.38 bits per heavy atom. The molecule has 1 fully saturated rings. The summed E-state index contributed by atoms with van der Waals surface area (Å²) in [5, 5.41) is 9.17. The van der Waals surface area contributed by atoms with Crippen LogP contribution in [0.3, 0.4) is 0 Å². The van der Waals surface area contributed by atoms with Crippen LogP contribution in [-0.4, -0.2) is 30.9 Å². The van der Waals surface area contributed by atoms with Gasteiger partial charge in [0.1, 0.15) is 4.90 Å². The normalized spacial score (nSPS) is 23.7. The number of nitrogens with zero attached hydrogens (tertiary/aromatic N) is 1. The van der Waals surface area contributed by atoms with E-state index in [1.54, 1.807) is 13.1 Å². The quantitative estimate of drug-likeness (QED) is 0.828. The molecule has 4 nitrogen and oxygen atoms in total. The molecule has 1 aliphatic rings. The van der Waals surface area contributed by atoms with Crippen molar-refractivity contribution in [1.82, 2.24) is 4.31 Å². The molecule has 0 radical (unpaired) electrons. The van der Waals surface area contributed by atoms with E-state index in [-0.39, 0.29) is 17.5 Å². The van der Waals surface area contributed by atoms with Gasteiger partial charge in [0, 0.05) is 18.0 Å². The number of rotatable bonds is 5. The van der Waals surface area contributed by atoms with E-state index >= 15 is 0 Å². The van der Waals surface area contributed by atoms with Crippen LogP contribution in [0, 0.1) is 5.92 Å². The van der Waals surface area contributed by atoms with Crippen LogP contribution >= 0.6 is 27.3 Å². The molecule has 0 spiro atoms. The molecule has 1 aliphatic carbocycles. The van der Waals surface area contributed by atoms with Gasteiger partial charge >= 0.3 is 0 Å². The van der Waals surface area contributed by atoms with Gasteiger partial charge < -0.3 is 5.11 Å². The summed E-state index contributed by atoms with van der Waals surface area (Å²) in [7, 11) is -1.82. The summed E-state index contributed by atoms with van der Waals surface area (Å²) in [5.41, 5.74) is 0. The lowest BCUT2D eigenvalue weighted by Crippen LogP contribution is -2.39. The first-order chi connectivity index (χ1) is 9.90. The molecule has 1 heterocycles. The second-order valence-corrected chi connectivity index (χ2v) is 10.0. The van der Waals surface area contributed by atoms with E-state index in [1.165, 1.54) is 22.1 Å². The Morgan fingerprint density at radius 3 is 2.48 bits per heavy atom. The van der Waals surface area contributed by atoms with Gasteiger partial charge in [-0.3, -0.25) is 0 Å². The smallest absolute Gasteiger partial charge is 0.245 e. The molecule has 21 heavy (non-hydrogen) atoms. The van der Waals surface area contributed by atoms with E-state index in [0.717, 1.165) is 31.6 Å². The fourth-order valence-electron chi connectivity index (χ4n) is 2.92. The van der Waals surface area contributed by atoms with E-state index in [9.17, 15) is 8.42 Å². The van der Waals surface area contributed by atoms with Crippen molar-refractivity contribution < 1.29 is 13.5 Å².